The monoisotopic (exact) mass is 443 g/mol. The van der Waals surface area contributed by atoms with Crippen LogP contribution in [0.25, 0.3) is 21.6 Å². The van der Waals surface area contributed by atoms with E-state index in [9.17, 15) is 9.59 Å². The molecule has 0 aliphatic heterocycles. The van der Waals surface area contributed by atoms with Gasteiger partial charge in [-0.3, -0.25) is 24.8 Å². The molecule has 3 aromatic heterocycles. The van der Waals surface area contributed by atoms with Gasteiger partial charge in [-0.2, -0.15) is 0 Å². The van der Waals surface area contributed by atoms with Crippen LogP contribution in [-0.2, 0) is 4.79 Å². The summed E-state index contributed by atoms with van der Waals surface area (Å²) in [6.07, 6.45) is 4.64. The van der Waals surface area contributed by atoms with Crippen molar-refractivity contribution in [1.82, 2.24) is 25.2 Å². The summed E-state index contributed by atoms with van der Waals surface area (Å²) in [5.74, 6) is -0.920. The Kier molecular flexibility index (Phi) is 5.43. The minimum Gasteiger partial charge on any atom is -0.289 e. The zero-order valence-electron chi connectivity index (χ0n) is 15.0. The Morgan fingerprint density at radius 3 is 2.76 bits per heavy atom. The molecular weight excluding hydrogens is 430 g/mol. The third-order valence-electron chi connectivity index (χ3n) is 3.97. The second-order valence-corrected chi connectivity index (χ2v) is 8.15. The van der Waals surface area contributed by atoms with Gasteiger partial charge in [-0.05, 0) is 13.0 Å². The number of nitrogens with one attached hydrogen (secondary N) is 2. The fraction of sp³-hybridized carbons (Fsp3) is 0.0526. The predicted molar refractivity (Wildman–Crippen MR) is 115 cm³/mol. The number of aromatic nitrogens is 3. The van der Waals surface area contributed by atoms with E-state index in [1.54, 1.807) is 17.4 Å². The molecule has 2 amide bonds. The van der Waals surface area contributed by atoms with Gasteiger partial charge in [0.2, 0.25) is 0 Å². The zero-order valence-corrected chi connectivity index (χ0v) is 17.4. The lowest BCUT2D eigenvalue weighted by molar-refractivity contribution is -0.117. The Hall–Kier alpha value is -3.01. The molecule has 0 radical (unpaired) electrons. The molecule has 3 heterocycles. The molecule has 4 aromatic rings. The van der Waals surface area contributed by atoms with E-state index in [1.807, 2.05) is 41.9 Å². The number of aryl methyl sites for hydroxylation is 1. The summed E-state index contributed by atoms with van der Waals surface area (Å²) < 4.78 is 1.78. The van der Waals surface area contributed by atoms with Crippen LogP contribution in [-0.4, -0.2) is 26.2 Å². The van der Waals surface area contributed by atoms with Crippen molar-refractivity contribution in [1.29, 1.82) is 0 Å². The second-order valence-electron chi connectivity index (χ2n) is 5.92. The maximum absolute atomic E-state index is 12.4. The number of nitrogens with zero attached hydrogens (tertiary/aromatic N) is 3. The molecule has 0 saturated carbocycles. The van der Waals surface area contributed by atoms with Crippen LogP contribution < -0.4 is 10.9 Å². The van der Waals surface area contributed by atoms with Crippen LogP contribution in [0, 0.1) is 6.92 Å². The van der Waals surface area contributed by atoms with Crippen LogP contribution in [0.2, 0.25) is 5.15 Å². The smallest absolute Gasteiger partial charge is 0.281 e. The number of rotatable bonds is 4. The van der Waals surface area contributed by atoms with E-state index < -0.39 is 11.8 Å². The number of benzene rings is 1. The molecule has 29 heavy (non-hydrogen) atoms. The van der Waals surface area contributed by atoms with Crippen molar-refractivity contribution in [3.05, 3.63) is 69.4 Å². The van der Waals surface area contributed by atoms with E-state index in [2.05, 4.69) is 20.8 Å². The third kappa shape index (κ3) is 4.07. The van der Waals surface area contributed by atoms with E-state index in [1.165, 1.54) is 28.7 Å². The zero-order chi connectivity index (χ0) is 20.4. The summed E-state index contributed by atoms with van der Waals surface area (Å²) in [4.78, 5) is 34.3. The number of halogens is 1. The van der Waals surface area contributed by atoms with E-state index in [4.69, 9.17) is 11.6 Å². The molecule has 1 aromatic carbocycles. The van der Waals surface area contributed by atoms with E-state index in [0.29, 0.717) is 21.4 Å². The van der Waals surface area contributed by atoms with Gasteiger partial charge in [0.15, 0.2) is 10.1 Å². The number of carbonyl (C=O) groups is 2. The van der Waals surface area contributed by atoms with Crippen molar-refractivity contribution in [2.24, 2.45) is 0 Å². The van der Waals surface area contributed by atoms with Crippen molar-refractivity contribution in [3.8, 4) is 10.6 Å². The van der Waals surface area contributed by atoms with Gasteiger partial charge in [0.1, 0.15) is 9.88 Å². The molecule has 0 atom stereocenters. The molecule has 0 aliphatic carbocycles. The first-order valence-electron chi connectivity index (χ1n) is 8.45. The lowest BCUT2D eigenvalue weighted by Crippen LogP contribution is -2.40. The predicted octanol–water partition coefficient (Wildman–Crippen LogP) is 3.96. The summed E-state index contributed by atoms with van der Waals surface area (Å²) in [7, 11) is 0. The first-order chi connectivity index (χ1) is 14.0. The Morgan fingerprint density at radius 2 is 1.97 bits per heavy atom. The molecule has 10 heteroatoms. The summed E-state index contributed by atoms with van der Waals surface area (Å²) in [5, 5.41) is 2.92. The molecule has 7 nitrogen and oxygen atoms in total. The van der Waals surface area contributed by atoms with Crippen molar-refractivity contribution in [3.63, 3.8) is 0 Å². The Balaban J connectivity index is 1.41. The lowest BCUT2D eigenvalue weighted by atomic mass is 10.2. The number of amides is 2. The molecule has 146 valence electrons. The highest BCUT2D eigenvalue weighted by Crippen LogP contribution is 2.27. The molecule has 0 spiro atoms. The Labute approximate surface area is 178 Å². The van der Waals surface area contributed by atoms with Crippen molar-refractivity contribution in [2.75, 3.05) is 0 Å². The molecule has 0 fully saturated rings. The number of hydrogen-bond donors (Lipinski definition) is 2. The fourth-order valence-electron chi connectivity index (χ4n) is 2.61. The molecule has 2 N–H and O–H groups in total. The van der Waals surface area contributed by atoms with Crippen molar-refractivity contribution in [2.45, 2.75) is 6.92 Å². The molecule has 0 aliphatic rings. The molecule has 0 saturated heterocycles. The lowest BCUT2D eigenvalue weighted by Gasteiger charge is -2.03. The van der Waals surface area contributed by atoms with Crippen molar-refractivity contribution >= 4 is 57.1 Å². The van der Waals surface area contributed by atoms with Gasteiger partial charge >= 0.3 is 0 Å². The number of carbonyl (C=O) groups excluding carboxylic acids is 2. The maximum Gasteiger partial charge on any atom is 0.281 e. The SMILES string of the molecule is Cc1nc(-c2ccccc2)sc1C(=O)NNC(=O)/C=C/c1c(Cl)nc2sccn12. The quantitative estimate of drug-likeness (QED) is 0.369. The standard InChI is InChI=1S/C19H14ClN5O2S2/c1-11-15(29-18(21-11)12-5-3-2-4-6-12)17(27)24-23-14(26)8-7-13-16(20)22-19-25(13)9-10-28-19/h2-10H,1H3,(H,23,26)(H,24,27)/b8-7+. The highest BCUT2D eigenvalue weighted by molar-refractivity contribution is 7.17. The van der Waals surface area contributed by atoms with Gasteiger partial charge in [-0.25, -0.2) is 9.97 Å². The largest absolute Gasteiger partial charge is 0.289 e. The average molecular weight is 444 g/mol. The van der Waals surface area contributed by atoms with Crippen LogP contribution in [0.4, 0.5) is 0 Å². The first kappa shape index (κ1) is 19.3. The molecular formula is C19H14ClN5O2S2. The topological polar surface area (TPSA) is 88.4 Å². The van der Waals surface area contributed by atoms with E-state index >= 15 is 0 Å². The van der Waals surface area contributed by atoms with Crippen LogP contribution in [0.5, 0.6) is 0 Å². The number of hydrogen-bond acceptors (Lipinski definition) is 6. The average Bonchev–Trinajstić information content (AvgIpc) is 3.40. The highest BCUT2D eigenvalue weighted by atomic mass is 35.5. The van der Waals surface area contributed by atoms with Gasteiger partial charge in [0.05, 0.1) is 11.4 Å². The molecule has 0 unspecified atom stereocenters. The van der Waals surface area contributed by atoms with Gasteiger partial charge in [0.25, 0.3) is 11.8 Å². The number of imidazole rings is 1. The normalized spacial score (nSPS) is 11.2. The molecule has 4 rings (SSSR count). The Bertz CT molecular complexity index is 1230. The maximum atomic E-state index is 12.4. The first-order valence-corrected chi connectivity index (χ1v) is 10.5. The van der Waals surface area contributed by atoms with Gasteiger partial charge in [0, 0.05) is 23.2 Å². The van der Waals surface area contributed by atoms with Gasteiger partial charge in [-0.1, -0.05) is 41.9 Å². The van der Waals surface area contributed by atoms with E-state index in [0.717, 1.165) is 15.5 Å². The van der Waals surface area contributed by atoms with Gasteiger partial charge in [-0.15, -0.1) is 22.7 Å². The summed E-state index contributed by atoms with van der Waals surface area (Å²) in [6, 6.07) is 9.60. The minimum absolute atomic E-state index is 0.304. The fourth-order valence-corrected chi connectivity index (χ4v) is 4.58. The second kappa shape index (κ2) is 8.16. The van der Waals surface area contributed by atoms with Crippen LogP contribution in [0.1, 0.15) is 21.1 Å². The third-order valence-corrected chi connectivity index (χ3v) is 6.21. The summed E-state index contributed by atoms with van der Waals surface area (Å²) in [5.41, 5.74) is 6.90. The Morgan fingerprint density at radius 1 is 1.17 bits per heavy atom. The highest BCUT2D eigenvalue weighted by Gasteiger charge is 2.16. The van der Waals surface area contributed by atoms with Crippen LogP contribution in [0.15, 0.2) is 48.0 Å². The van der Waals surface area contributed by atoms with Crippen LogP contribution in [0.3, 0.4) is 0 Å². The number of thiazole rings is 2. The minimum atomic E-state index is -0.495. The van der Waals surface area contributed by atoms with Crippen molar-refractivity contribution < 1.29 is 9.59 Å². The number of hydrazine groups is 1. The number of fused-ring (bicyclic) bond motifs is 1. The summed E-state index contributed by atoms with van der Waals surface area (Å²) >= 11 is 8.80. The van der Waals surface area contributed by atoms with Crippen LogP contribution >= 0.6 is 34.3 Å². The van der Waals surface area contributed by atoms with Gasteiger partial charge < -0.3 is 0 Å². The van der Waals surface area contributed by atoms with E-state index in [-0.39, 0.29) is 0 Å². The molecule has 0 bridgehead atoms. The summed E-state index contributed by atoms with van der Waals surface area (Å²) in [6.45, 7) is 1.76.